The molecule has 0 amide bonds. The largest absolute Gasteiger partial charge is 0.573 e. The molecule has 0 spiro atoms. The van der Waals surface area contributed by atoms with Crippen molar-refractivity contribution < 1.29 is 40.6 Å². The van der Waals surface area contributed by atoms with Gasteiger partial charge in [0.05, 0.1) is 18.7 Å². The molecular weight excluding hydrogens is 324 g/mol. The molecule has 5 nitrogen and oxygen atoms in total. The molecule has 1 rings (SSSR count). The number of alkyl halides is 6. The second-order valence-electron chi connectivity index (χ2n) is 3.88. The summed E-state index contributed by atoms with van der Waals surface area (Å²) in [6.07, 6.45) is -11.4. The van der Waals surface area contributed by atoms with Gasteiger partial charge in [-0.1, -0.05) is 0 Å². The van der Waals surface area contributed by atoms with Crippen LogP contribution in [0.3, 0.4) is 0 Å². The summed E-state index contributed by atoms with van der Waals surface area (Å²) in [6.45, 7) is 1.32. The van der Waals surface area contributed by atoms with Crippen LogP contribution < -0.4 is 10.3 Å². The van der Waals surface area contributed by atoms with Gasteiger partial charge in [0.1, 0.15) is 11.3 Å². The van der Waals surface area contributed by atoms with Gasteiger partial charge in [0.15, 0.2) is 0 Å². The Hall–Kier alpha value is -2.20. The minimum atomic E-state index is -5.30. The van der Waals surface area contributed by atoms with Crippen LogP contribution in [0.25, 0.3) is 0 Å². The van der Waals surface area contributed by atoms with Crippen LogP contribution in [-0.4, -0.2) is 23.9 Å². The van der Waals surface area contributed by atoms with Crippen LogP contribution in [0.1, 0.15) is 18.2 Å². The predicted octanol–water partition coefficient (Wildman–Crippen LogP) is 2.40. The van der Waals surface area contributed by atoms with Crippen molar-refractivity contribution in [3.05, 3.63) is 27.7 Å². The first-order valence-corrected chi connectivity index (χ1v) is 5.68. The number of halogens is 6. The number of pyridine rings is 1. The SMILES string of the molecule is CCOC(=O)Cc1[nH]c(=O)c(C(F)(F)F)cc1OC(F)(F)F. The third-order valence-electron chi connectivity index (χ3n) is 2.24. The highest BCUT2D eigenvalue weighted by Gasteiger charge is 2.38. The lowest BCUT2D eigenvalue weighted by molar-refractivity contribution is -0.275. The lowest BCUT2D eigenvalue weighted by Gasteiger charge is -2.15. The summed E-state index contributed by atoms with van der Waals surface area (Å²) in [5.74, 6) is -2.36. The van der Waals surface area contributed by atoms with Crippen LogP contribution in [0.5, 0.6) is 5.75 Å². The number of ether oxygens (including phenoxy) is 2. The number of aromatic nitrogens is 1. The Kier molecular flexibility index (Phi) is 5.09. The van der Waals surface area contributed by atoms with E-state index in [9.17, 15) is 35.9 Å². The fourth-order valence-electron chi connectivity index (χ4n) is 1.46. The highest BCUT2D eigenvalue weighted by atomic mass is 19.4. The molecule has 124 valence electrons. The maximum absolute atomic E-state index is 12.5. The smallest absolute Gasteiger partial charge is 0.466 e. The van der Waals surface area contributed by atoms with Gasteiger partial charge < -0.3 is 14.5 Å². The minimum absolute atomic E-state index is 0.0981. The van der Waals surface area contributed by atoms with Crippen molar-refractivity contribution in [1.29, 1.82) is 0 Å². The van der Waals surface area contributed by atoms with Crippen molar-refractivity contribution in [3.63, 3.8) is 0 Å². The summed E-state index contributed by atoms with van der Waals surface area (Å²) in [7, 11) is 0. The summed E-state index contributed by atoms with van der Waals surface area (Å²) in [5.41, 5.74) is -4.34. The summed E-state index contributed by atoms with van der Waals surface area (Å²) in [6, 6.07) is -0.110. The van der Waals surface area contributed by atoms with Gasteiger partial charge in [-0.2, -0.15) is 13.2 Å². The highest BCUT2D eigenvalue weighted by Crippen LogP contribution is 2.32. The molecule has 0 aromatic carbocycles. The van der Waals surface area contributed by atoms with Crippen LogP contribution in [0, 0.1) is 0 Å². The Balaban J connectivity index is 3.32. The summed E-state index contributed by atoms with van der Waals surface area (Å²) >= 11 is 0. The van der Waals surface area contributed by atoms with Gasteiger partial charge in [0, 0.05) is 6.07 Å². The quantitative estimate of drug-likeness (QED) is 0.679. The first-order valence-electron chi connectivity index (χ1n) is 5.68. The van der Waals surface area contributed by atoms with E-state index >= 15 is 0 Å². The monoisotopic (exact) mass is 333 g/mol. The molecule has 0 aliphatic carbocycles. The lowest BCUT2D eigenvalue weighted by atomic mass is 10.2. The van der Waals surface area contributed by atoms with Gasteiger partial charge in [-0.05, 0) is 6.92 Å². The fourth-order valence-corrected chi connectivity index (χ4v) is 1.46. The Labute approximate surface area is 118 Å². The van der Waals surface area contributed by atoms with Crippen LogP contribution >= 0.6 is 0 Å². The van der Waals surface area contributed by atoms with Crippen molar-refractivity contribution >= 4 is 5.97 Å². The number of esters is 1. The van der Waals surface area contributed by atoms with E-state index < -0.39 is 47.5 Å². The summed E-state index contributed by atoms with van der Waals surface area (Å²) in [4.78, 5) is 24.1. The van der Waals surface area contributed by atoms with Crippen LogP contribution in [-0.2, 0) is 22.1 Å². The normalized spacial score (nSPS) is 12.1. The van der Waals surface area contributed by atoms with Crippen LogP contribution in [0.15, 0.2) is 10.9 Å². The van der Waals surface area contributed by atoms with Crippen molar-refractivity contribution in [2.75, 3.05) is 6.61 Å². The molecule has 1 aromatic rings. The number of hydrogen-bond acceptors (Lipinski definition) is 4. The average molecular weight is 333 g/mol. The average Bonchev–Trinajstić information content (AvgIpc) is 2.29. The first kappa shape index (κ1) is 17.9. The van der Waals surface area contributed by atoms with Gasteiger partial charge >= 0.3 is 18.5 Å². The standard InChI is InChI=1S/C11H9F6NO4/c1-2-21-8(19)4-6-7(22-11(15,16)17)3-5(9(20)18-6)10(12,13)14/h3H,2,4H2,1H3,(H,18,20). The molecule has 0 fully saturated rings. The molecule has 11 heteroatoms. The minimum Gasteiger partial charge on any atom is -0.466 e. The molecule has 0 radical (unpaired) electrons. The third-order valence-corrected chi connectivity index (χ3v) is 2.24. The molecule has 1 heterocycles. The number of aromatic amines is 1. The molecule has 0 aliphatic rings. The number of H-pyrrole nitrogens is 1. The molecule has 0 unspecified atom stereocenters. The van der Waals surface area contributed by atoms with E-state index in [-0.39, 0.29) is 12.7 Å². The predicted molar refractivity (Wildman–Crippen MR) is 59.1 cm³/mol. The number of rotatable bonds is 4. The Morgan fingerprint density at radius 3 is 2.27 bits per heavy atom. The fraction of sp³-hybridized carbons (Fsp3) is 0.455. The number of nitrogens with one attached hydrogen (secondary N) is 1. The van der Waals surface area contributed by atoms with E-state index in [1.54, 1.807) is 4.98 Å². The van der Waals surface area contributed by atoms with E-state index in [1.807, 2.05) is 0 Å². The molecule has 1 N–H and O–H groups in total. The summed E-state index contributed by atoms with van der Waals surface area (Å²) in [5, 5.41) is 0. The van der Waals surface area contributed by atoms with E-state index in [1.165, 1.54) is 6.92 Å². The second kappa shape index (κ2) is 6.28. The maximum Gasteiger partial charge on any atom is 0.573 e. The molecule has 0 saturated heterocycles. The summed E-state index contributed by atoms with van der Waals surface area (Å²) < 4.78 is 82.1. The lowest BCUT2D eigenvalue weighted by Crippen LogP contribution is -2.26. The molecule has 0 atom stereocenters. The van der Waals surface area contributed by atoms with Crippen molar-refractivity contribution in [2.45, 2.75) is 25.9 Å². The Morgan fingerprint density at radius 2 is 1.82 bits per heavy atom. The Bertz CT molecular complexity index is 604. The molecule has 22 heavy (non-hydrogen) atoms. The van der Waals surface area contributed by atoms with Gasteiger partial charge in [0.2, 0.25) is 0 Å². The molecule has 0 bridgehead atoms. The molecule has 0 aliphatic heterocycles. The second-order valence-corrected chi connectivity index (χ2v) is 3.88. The van der Waals surface area contributed by atoms with Crippen LogP contribution in [0.4, 0.5) is 26.3 Å². The molecular formula is C11H9F6NO4. The first-order chi connectivity index (χ1) is 9.94. The highest BCUT2D eigenvalue weighted by molar-refractivity contribution is 5.72. The number of hydrogen-bond donors (Lipinski definition) is 1. The van der Waals surface area contributed by atoms with Gasteiger partial charge in [-0.25, -0.2) is 0 Å². The van der Waals surface area contributed by atoms with E-state index in [0.29, 0.717) is 0 Å². The topological polar surface area (TPSA) is 68.4 Å². The van der Waals surface area contributed by atoms with Crippen LogP contribution in [0.2, 0.25) is 0 Å². The Morgan fingerprint density at radius 1 is 1.23 bits per heavy atom. The van der Waals surface area contributed by atoms with E-state index in [2.05, 4.69) is 9.47 Å². The number of carbonyl (C=O) groups excluding carboxylic acids is 1. The van der Waals surface area contributed by atoms with Crippen molar-refractivity contribution in [2.24, 2.45) is 0 Å². The van der Waals surface area contributed by atoms with E-state index in [4.69, 9.17) is 0 Å². The zero-order valence-corrected chi connectivity index (χ0v) is 10.9. The van der Waals surface area contributed by atoms with Crippen molar-refractivity contribution in [3.8, 4) is 5.75 Å². The number of carbonyl (C=O) groups is 1. The molecule has 0 saturated carbocycles. The molecule has 1 aromatic heterocycles. The third kappa shape index (κ3) is 4.97. The van der Waals surface area contributed by atoms with Gasteiger partial charge in [-0.15, -0.1) is 13.2 Å². The maximum atomic E-state index is 12.5. The van der Waals surface area contributed by atoms with Crippen molar-refractivity contribution in [1.82, 2.24) is 4.98 Å². The zero-order valence-electron chi connectivity index (χ0n) is 10.9. The van der Waals surface area contributed by atoms with E-state index in [0.717, 1.165) is 0 Å². The van der Waals surface area contributed by atoms with Gasteiger partial charge in [0.25, 0.3) is 5.56 Å². The van der Waals surface area contributed by atoms with Gasteiger partial charge in [-0.3, -0.25) is 9.59 Å². The zero-order chi connectivity index (χ0) is 17.1.